The molecule has 4 heteroatoms. The van der Waals surface area contributed by atoms with Crippen LogP contribution in [0.25, 0.3) is 0 Å². The van der Waals surface area contributed by atoms with Gasteiger partial charge in [-0.2, -0.15) is 0 Å². The van der Waals surface area contributed by atoms with Gasteiger partial charge in [0.05, 0.1) is 12.8 Å². The summed E-state index contributed by atoms with van der Waals surface area (Å²) in [7, 11) is 1.19. The van der Waals surface area contributed by atoms with Gasteiger partial charge in [-0.05, 0) is 0 Å². The number of quaternary nitrogens is 1. The van der Waals surface area contributed by atoms with Gasteiger partial charge in [0.15, 0.2) is 0 Å². The summed E-state index contributed by atoms with van der Waals surface area (Å²) >= 11 is 0. The van der Waals surface area contributed by atoms with Crippen molar-refractivity contribution in [1.29, 1.82) is 0 Å². The third-order valence-electron chi connectivity index (χ3n) is 1.52. The Morgan fingerprint density at radius 2 is 1.67 bits per heavy atom. The van der Waals surface area contributed by atoms with Gasteiger partial charge in [0.2, 0.25) is 0 Å². The van der Waals surface area contributed by atoms with Crippen LogP contribution in [0.2, 0.25) is 0 Å². The summed E-state index contributed by atoms with van der Waals surface area (Å²) in [6.07, 6.45) is 0.345. The van der Waals surface area contributed by atoms with Crippen LogP contribution in [0.15, 0.2) is 0 Å². The minimum atomic E-state index is -1.06. The lowest BCUT2D eigenvalue weighted by Gasteiger charge is -2.10. The summed E-state index contributed by atoms with van der Waals surface area (Å²) < 4.78 is -1.06. The first-order chi connectivity index (χ1) is 4.05. The predicted molar refractivity (Wildman–Crippen MR) is 27.2 cm³/mol. The van der Waals surface area contributed by atoms with E-state index in [4.69, 9.17) is 5.21 Å². The summed E-state index contributed by atoms with van der Waals surface area (Å²) in [5, 5.41) is 8.97. The van der Waals surface area contributed by atoms with E-state index >= 15 is 0 Å². The molecule has 0 unspecified atom stereocenters. The van der Waals surface area contributed by atoms with E-state index in [1.165, 1.54) is 7.05 Å². The molecule has 0 aliphatic carbocycles. The Morgan fingerprint density at radius 3 is 1.78 bits per heavy atom. The van der Waals surface area contributed by atoms with E-state index in [-0.39, 0.29) is 12.8 Å². The standard InChI is InChI=1S/C5H8NO3/c1-6(9)4(7)2-3-5(6)8/h9H,2-3H2,1H3/q+1. The SMILES string of the molecule is C[N+]1(O)C(=O)CCC1=O. The number of amides is 2. The van der Waals surface area contributed by atoms with Crippen molar-refractivity contribution in [3.05, 3.63) is 0 Å². The van der Waals surface area contributed by atoms with Crippen LogP contribution in [0, 0.1) is 0 Å². The summed E-state index contributed by atoms with van der Waals surface area (Å²) in [6, 6.07) is 0. The third-order valence-corrected chi connectivity index (χ3v) is 1.52. The molecule has 1 saturated heterocycles. The fourth-order valence-corrected chi connectivity index (χ4v) is 0.788. The summed E-state index contributed by atoms with van der Waals surface area (Å²) in [5.74, 6) is -0.833. The topological polar surface area (TPSA) is 54.4 Å². The lowest BCUT2D eigenvalue weighted by atomic mass is 10.4. The number of rotatable bonds is 0. The molecule has 1 aliphatic heterocycles. The van der Waals surface area contributed by atoms with Crippen molar-refractivity contribution >= 4 is 11.8 Å². The fourth-order valence-electron chi connectivity index (χ4n) is 0.788. The molecule has 0 bridgehead atoms. The maximum Gasteiger partial charge on any atom is 0.353 e. The van der Waals surface area contributed by atoms with Crippen molar-refractivity contribution in [3.8, 4) is 0 Å². The van der Waals surface area contributed by atoms with E-state index in [1.54, 1.807) is 0 Å². The van der Waals surface area contributed by atoms with Crippen LogP contribution in [0.4, 0.5) is 0 Å². The number of likely N-dealkylation sites (tertiary alicyclic amines) is 1. The van der Waals surface area contributed by atoms with E-state index in [1.807, 2.05) is 0 Å². The molecule has 1 heterocycles. The first kappa shape index (κ1) is 6.38. The Morgan fingerprint density at radius 1 is 1.33 bits per heavy atom. The molecule has 0 radical (unpaired) electrons. The molecule has 0 atom stereocenters. The molecule has 1 N–H and O–H groups in total. The fraction of sp³-hybridized carbons (Fsp3) is 0.600. The minimum Gasteiger partial charge on any atom is -0.227 e. The average molecular weight is 130 g/mol. The molecule has 0 aromatic heterocycles. The first-order valence-corrected chi connectivity index (χ1v) is 2.71. The van der Waals surface area contributed by atoms with Gasteiger partial charge in [-0.3, -0.25) is 0 Å². The monoisotopic (exact) mass is 130 g/mol. The van der Waals surface area contributed by atoms with Crippen LogP contribution in [0.5, 0.6) is 0 Å². The van der Waals surface area contributed by atoms with Crippen LogP contribution in [-0.2, 0) is 9.59 Å². The molecule has 0 spiro atoms. The second kappa shape index (κ2) is 1.62. The Labute approximate surface area is 52.2 Å². The number of carbonyl (C=O) groups excluding carboxylic acids is 2. The van der Waals surface area contributed by atoms with Gasteiger partial charge in [0.25, 0.3) is 0 Å². The van der Waals surface area contributed by atoms with Crippen molar-refractivity contribution in [2.45, 2.75) is 12.8 Å². The molecule has 1 rings (SSSR count). The van der Waals surface area contributed by atoms with Gasteiger partial charge in [-0.15, -0.1) is 0 Å². The zero-order valence-electron chi connectivity index (χ0n) is 5.13. The van der Waals surface area contributed by atoms with Crippen molar-refractivity contribution in [2.24, 2.45) is 0 Å². The zero-order chi connectivity index (χ0) is 7.07. The quantitative estimate of drug-likeness (QED) is 0.277. The number of carbonyl (C=O) groups is 2. The second-order valence-corrected chi connectivity index (χ2v) is 2.25. The van der Waals surface area contributed by atoms with E-state index in [0.717, 1.165) is 0 Å². The van der Waals surface area contributed by atoms with Gasteiger partial charge in [0.1, 0.15) is 7.05 Å². The molecule has 1 fully saturated rings. The predicted octanol–water partition coefficient (Wildman–Crippen LogP) is -0.331. The highest BCUT2D eigenvalue weighted by atomic mass is 16.6. The number of hydroxylamine groups is 3. The van der Waals surface area contributed by atoms with Gasteiger partial charge in [-0.25, -0.2) is 14.8 Å². The first-order valence-electron chi connectivity index (χ1n) is 2.71. The van der Waals surface area contributed by atoms with Crippen molar-refractivity contribution < 1.29 is 19.4 Å². The highest BCUT2D eigenvalue weighted by Gasteiger charge is 2.45. The summed E-state index contributed by atoms with van der Waals surface area (Å²) in [5.41, 5.74) is 0. The molecule has 2 amide bonds. The maximum absolute atomic E-state index is 10.6. The number of hydrogen-bond donors (Lipinski definition) is 1. The third kappa shape index (κ3) is 0.760. The molecule has 9 heavy (non-hydrogen) atoms. The Bertz CT molecular complexity index is 155. The van der Waals surface area contributed by atoms with Crippen LogP contribution >= 0.6 is 0 Å². The molecule has 0 aromatic carbocycles. The van der Waals surface area contributed by atoms with Crippen LogP contribution in [0.1, 0.15) is 12.8 Å². The van der Waals surface area contributed by atoms with Gasteiger partial charge >= 0.3 is 11.8 Å². The number of imide groups is 1. The second-order valence-electron chi connectivity index (χ2n) is 2.25. The lowest BCUT2D eigenvalue weighted by molar-refractivity contribution is -0.954. The Kier molecular flexibility index (Phi) is 1.15. The van der Waals surface area contributed by atoms with Crippen LogP contribution in [-0.4, -0.2) is 28.7 Å². The van der Waals surface area contributed by atoms with E-state index in [2.05, 4.69) is 0 Å². The highest BCUT2D eigenvalue weighted by Crippen LogP contribution is 2.15. The largest absolute Gasteiger partial charge is 0.353 e. The molecule has 50 valence electrons. The van der Waals surface area contributed by atoms with E-state index in [9.17, 15) is 9.59 Å². The van der Waals surface area contributed by atoms with Crippen LogP contribution in [0.3, 0.4) is 0 Å². The summed E-state index contributed by atoms with van der Waals surface area (Å²) in [6.45, 7) is 0. The van der Waals surface area contributed by atoms with Gasteiger partial charge in [0, 0.05) is 0 Å². The molecule has 4 nitrogen and oxygen atoms in total. The van der Waals surface area contributed by atoms with E-state index in [0.29, 0.717) is 0 Å². The number of nitrogens with zero attached hydrogens (tertiary/aromatic N) is 1. The van der Waals surface area contributed by atoms with E-state index < -0.39 is 16.5 Å². The lowest BCUT2D eigenvalue weighted by Crippen LogP contribution is -2.44. The Hall–Kier alpha value is -0.740. The molecule has 0 aromatic rings. The molecular formula is C5H8NO3+. The van der Waals surface area contributed by atoms with Gasteiger partial charge < -0.3 is 0 Å². The summed E-state index contributed by atoms with van der Waals surface area (Å²) in [4.78, 5) is 21.2. The van der Waals surface area contributed by atoms with Crippen molar-refractivity contribution in [2.75, 3.05) is 7.05 Å². The smallest absolute Gasteiger partial charge is 0.227 e. The molecule has 0 saturated carbocycles. The average Bonchev–Trinajstić information content (AvgIpc) is 1.96. The van der Waals surface area contributed by atoms with Crippen molar-refractivity contribution in [1.82, 2.24) is 0 Å². The minimum absolute atomic E-state index is 0.172. The molecule has 1 aliphatic rings. The van der Waals surface area contributed by atoms with Gasteiger partial charge in [-0.1, -0.05) is 4.65 Å². The van der Waals surface area contributed by atoms with Crippen LogP contribution < -0.4 is 0 Å². The Balaban J connectivity index is 2.91. The van der Waals surface area contributed by atoms with Crippen molar-refractivity contribution in [3.63, 3.8) is 0 Å². The molecular weight excluding hydrogens is 122 g/mol. The highest BCUT2D eigenvalue weighted by molar-refractivity contribution is 5.90. The number of hydrogen-bond acceptors (Lipinski definition) is 3. The zero-order valence-corrected chi connectivity index (χ0v) is 5.13. The maximum atomic E-state index is 10.6. The normalized spacial score (nSPS) is 25.1.